The Morgan fingerprint density at radius 1 is 1.23 bits per heavy atom. The second-order valence-electron chi connectivity index (χ2n) is 5.51. The lowest BCUT2D eigenvalue weighted by molar-refractivity contribution is -0.117. The third-order valence-corrected chi connectivity index (χ3v) is 4.70. The van der Waals surface area contributed by atoms with E-state index in [-0.39, 0.29) is 40.4 Å². The van der Waals surface area contributed by atoms with Crippen LogP contribution in [-0.2, 0) is 17.9 Å². The minimum atomic E-state index is -0.444. The number of nitrogens with zero attached hydrogens (tertiary/aromatic N) is 4. The Kier molecular flexibility index (Phi) is 5.50. The van der Waals surface area contributed by atoms with Crippen molar-refractivity contribution in [3.05, 3.63) is 62.7 Å². The number of nitrogens with one attached hydrogen (secondary N) is 1. The fraction of sp³-hybridized carbons (Fsp3) is 0.188. The summed E-state index contributed by atoms with van der Waals surface area (Å²) in [5.41, 5.74) is 0.959. The fourth-order valence-corrected chi connectivity index (χ4v) is 2.86. The van der Waals surface area contributed by atoms with Crippen molar-refractivity contribution < 1.29 is 9.18 Å². The van der Waals surface area contributed by atoms with E-state index in [1.807, 2.05) is 0 Å². The number of benzene rings is 1. The number of rotatable bonds is 5. The van der Waals surface area contributed by atoms with Gasteiger partial charge in [-0.1, -0.05) is 40.9 Å². The molecule has 0 radical (unpaired) electrons. The zero-order valence-electron chi connectivity index (χ0n) is 13.5. The summed E-state index contributed by atoms with van der Waals surface area (Å²) >= 11 is 18.0. The standard InChI is InChI=1S/C16H13Cl3FN5O/c1-9-12(18)5-21-25(9)8-15(26)22-16-13(19)7-24(23-16)6-10-11(17)3-2-4-14(10)20/h2-5,7H,6,8H2,1H3,(H,22,23,26). The monoisotopic (exact) mass is 415 g/mol. The highest BCUT2D eigenvalue weighted by Crippen LogP contribution is 2.24. The highest BCUT2D eigenvalue weighted by atomic mass is 35.5. The Labute approximate surface area is 163 Å². The maximum Gasteiger partial charge on any atom is 0.247 e. The third-order valence-electron chi connectivity index (χ3n) is 3.69. The molecule has 6 nitrogen and oxygen atoms in total. The minimum absolute atomic E-state index is 0.0408. The summed E-state index contributed by atoms with van der Waals surface area (Å²) in [5, 5.41) is 11.8. The first-order chi connectivity index (χ1) is 12.3. The second-order valence-corrected chi connectivity index (χ2v) is 6.73. The Bertz CT molecular complexity index is 949. The molecular weight excluding hydrogens is 404 g/mol. The summed E-state index contributed by atoms with van der Waals surface area (Å²) in [4.78, 5) is 12.2. The molecule has 0 fully saturated rings. The molecule has 0 unspecified atom stereocenters. The first-order valence-corrected chi connectivity index (χ1v) is 8.62. The molecule has 136 valence electrons. The summed E-state index contributed by atoms with van der Waals surface area (Å²) in [7, 11) is 0. The van der Waals surface area contributed by atoms with Crippen LogP contribution in [0, 0.1) is 12.7 Å². The van der Waals surface area contributed by atoms with Gasteiger partial charge in [0.15, 0.2) is 5.82 Å². The summed E-state index contributed by atoms with van der Waals surface area (Å²) < 4.78 is 16.7. The van der Waals surface area contributed by atoms with Gasteiger partial charge in [0.1, 0.15) is 17.4 Å². The van der Waals surface area contributed by atoms with Crippen molar-refractivity contribution in [2.75, 3.05) is 5.32 Å². The van der Waals surface area contributed by atoms with Gasteiger partial charge < -0.3 is 5.32 Å². The maximum absolute atomic E-state index is 13.9. The second kappa shape index (κ2) is 7.65. The van der Waals surface area contributed by atoms with Crippen molar-refractivity contribution in [2.24, 2.45) is 0 Å². The van der Waals surface area contributed by atoms with Crippen LogP contribution in [-0.4, -0.2) is 25.5 Å². The van der Waals surface area contributed by atoms with Crippen molar-refractivity contribution in [1.29, 1.82) is 0 Å². The molecule has 2 aromatic heterocycles. The van der Waals surface area contributed by atoms with Crippen molar-refractivity contribution in [3.8, 4) is 0 Å². The molecular formula is C16H13Cl3FN5O. The number of hydrogen-bond donors (Lipinski definition) is 1. The molecule has 2 heterocycles. The van der Waals surface area contributed by atoms with Crippen molar-refractivity contribution in [1.82, 2.24) is 19.6 Å². The van der Waals surface area contributed by atoms with Gasteiger partial charge in [-0.2, -0.15) is 10.2 Å². The van der Waals surface area contributed by atoms with E-state index in [1.165, 1.54) is 33.9 Å². The van der Waals surface area contributed by atoms with Gasteiger partial charge in [0, 0.05) is 16.8 Å². The van der Waals surface area contributed by atoms with Crippen LogP contribution in [0.15, 0.2) is 30.6 Å². The van der Waals surface area contributed by atoms with Crippen LogP contribution in [0.2, 0.25) is 15.1 Å². The third kappa shape index (κ3) is 4.00. The number of amides is 1. The van der Waals surface area contributed by atoms with E-state index >= 15 is 0 Å². The fourth-order valence-electron chi connectivity index (χ4n) is 2.30. The Hall–Kier alpha value is -2.09. The van der Waals surface area contributed by atoms with Crippen molar-refractivity contribution in [2.45, 2.75) is 20.0 Å². The molecule has 0 saturated heterocycles. The highest BCUT2D eigenvalue weighted by molar-refractivity contribution is 6.33. The largest absolute Gasteiger partial charge is 0.306 e. The highest BCUT2D eigenvalue weighted by Gasteiger charge is 2.15. The van der Waals surface area contributed by atoms with E-state index in [0.29, 0.717) is 10.7 Å². The van der Waals surface area contributed by atoms with Gasteiger partial charge >= 0.3 is 0 Å². The smallest absolute Gasteiger partial charge is 0.247 e. The number of anilines is 1. The lowest BCUT2D eigenvalue weighted by Gasteiger charge is -2.06. The number of hydrogen-bond acceptors (Lipinski definition) is 3. The van der Waals surface area contributed by atoms with Gasteiger partial charge in [-0.3, -0.25) is 14.2 Å². The molecule has 1 N–H and O–H groups in total. The Morgan fingerprint density at radius 3 is 2.65 bits per heavy atom. The lowest BCUT2D eigenvalue weighted by atomic mass is 10.2. The minimum Gasteiger partial charge on any atom is -0.306 e. The van der Waals surface area contributed by atoms with Crippen molar-refractivity contribution in [3.63, 3.8) is 0 Å². The maximum atomic E-state index is 13.9. The molecule has 26 heavy (non-hydrogen) atoms. The van der Waals surface area contributed by atoms with Crippen LogP contribution in [0.1, 0.15) is 11.3 Å². The first-order valence-electron chi connectivity index (χ1n) is 7.48. The van der Waals surface area contributed by atoms with Crippen molar-refractivity contribution >= 4 is 46.5 Å². The molecule has 0 aliphatic rings. The predicted octanol–water partition coefficient (Wildman–Crippen LogP) is 4.17. The molecule has 3 aromatic rings. The molecule has 0 atom stereocenters. The number of aromatic nitrogens is 4. The summed E-state index contributed by atoms with van der Waals surface area (Å²) in [6.45, 7) is 1.79. The van der Waals surface area contributed by atoms with E-state index in [1.54, 1.807) is 13.0 Å². The topological polar surface area (TPSA) is 64.7 Å². The number of carbonyl (C=O) groups is 1. The Balaban J connectivity index is 1.72. The van der Waals surface area contributed by atoms with Crippen LogP contribution in [0.5, 0.6) is 0 Å². The molecule has 1 amide bonds. The van der Waals surface area contributed by atoms with Crippen LogP contribution in [0.25, 0.3) is 0 Å². The summed E-state index contributed by atoms with van der Waals surface area (Å²) in [6.07, 6.45) is 2.94. The normalized spacial score (nSPS) is 11.0. The first kappa shape index (κ1) is 18.7. The van der Waals surface area contributed by atoms with Gasteiger partial charge in [0.25, 0.3) is 0 Å². The van der Waals surface area contributed by atoms with E-state index in [0.717, 1.165) is 0 Å². The molecule has 0 aliphatic carbocycles. The van der Waals surface area contributed by atoms with Gasteiger partial charge in [-0.05, 0) is 19.1 Å². The van der Waals surface area contributed by atoms with Crippen LogP contribution >= 0.6 is 34.8 Å². The van der Waals surface area contributed by atoms with E-state index in [2.05, 4.69) is 15.5 Å². The lowest BCUT2D eigenvalue weighted by Crippen LogP contribution is -2.20. The number of carbonyl (C=O) groups excluding carboxylic acids is 1. The predicted molar refractivity (Wildman–Crippen MR) is 98.4 cm³/mol. The average molecular weight is 417 g/mol. The van der Waals surface area contributed by atoms with Crippen LogP contribution < -0.4 is 5.32 Å². The molecule has 0 saturated carbocycles. The molecule has 3 rings (SSSR count). The van der Waals surface area contributed by atoms with E-state index in [4.69, 9.17) is 34.8 Å². The van der Waals surface area contributed by atoms with Gasteiger partial charge in [0.2, 0.25) is 5.91 Å². The Morgan fingerprint density at radius 2 is 2.00 bits per heavy atom. The SMILES string of the molecule is Cc1c(Cl)cnn1CC(=O)Nc1nn(Cc2c(F)cccc2Cl)cc1Cl. The molecule has 0 aliphatic heterocycles. The van der Waals surface area contributed by atoms with E-state index in [9.17, 15) is 9.18 Å². The van der Waals surface area contributed by atoms with E-state index < -0.39 is 5.82 Å². The molecule has 10 heteroatoms. The average Bonchev–Trinajstić information content (AvgIpc) is 3.08. The zero-order chi connectivity index (χ0) is 18.8. The quantitative estimate of drug-likeness (QED) is 0.679. The van der Waals surface area contributed by atoms with Gasteiger partial charge in [-0.25, -0.2) is 4.39 Å². The van der Waals surface area contributed by atoms with Gasteiger partial charge in [0.05, 0.1) is 23.5 Å². The summed E-state index contributed by atoms with van der Waals surface area (Å²) in [6, 6.07) is 4.42. The van der Waals surface area contributed by atoms with Crippen LogP contribution in [0.4, 0.5) is 10.2 Å². The molecule has 0 bridgehead atoms. The van der Waals surface area contributed by atoms with Gasteiger partial charge in [-0.15, -0.1) is 0 Å². The zero-order valence-corrected chi connectivity index (χ0v) is 15.8. The molecule has 0 spiro atoms. The summed E-state index contributed by atoms with van der Waals surface area (Å²) in [5.74, 6) is -0.648. The number of halogens is 4. The van der Waals surface area contributed by atoms with Crippen LogP contribution in [0.3, 0.4) is 0 Å². The molecule has 1 aromatic carbocycles.